The van der Waals surface area contributed by atoms with E-state index >= 15 is 0 Å². The number of rotatable bonds is 7. The Morgan fingerprint density at radius 3 is 2.05 bits per heavy atom. The van der Waals surface area contributed by atoms with Crippen LogP contribution in [0.2, 0.25) is 0 Å². The molecule has 0 saturated heterocycles. The third kappa shape index (κ3) is 5.04. The lowest BCUT2D eigenvalue weighted by Crippen LogP contribution is -2.34. The molecule has 1 unspecified atom stereocenters. The minimum absolute atomic E-state index is 0.0430. The highest BCUT2D eigenvalue weighted by molar-refractivity contribution is 8.09. The number of thioether (sulfide) groups is 1. The van der Waals surface area contributed by atoms with Crippen molar-refractivity contribution in [2.45, 2.75) is 4.58 Å². The Bertz CT molecular complexity index is 434. The van der Waals surface area contributed by atoms with Gasteiger partial charge in [-0.25, -0.2) is 0 Å². The van der Waals surface area contributed by atoms with Crippen LogP contribution in [0.5, 0.6) is 0 Å². The number of anilines is 1. The molecule has 0 aliphatic carbocycles. The van der Waals surface area contributed by atoms with Gasteiger partial charge in [0.25, 0.3) is 0 Å². The van der Waals surface area contributed by atoms with E-state index in [2.05, 4.69) is 12.6 Å². The molecule has 1 atom stereocenters. The molecule has 0 amide bonds. The summed E-state index contributed by atoms with van der Waals surface area (Å²) in [5.74, 6) is -2.14. The normalized spacial score (nSPS) is 11.9. The Morgan fingerprint density at radius 2 is 1.68 bits per heavy atom. The molecule has 0 spiro atoms. The van der Waals surface area contributed by atoms with Gasteiger partial charge in [-0.3, -0.25) is 9.59 Å². The number of hydrogen-bond donors (Lipinski definition) is 3. The van der Waals surface area contributed by atoms with Crippen LogP contribution in [0.15, 0.2) is 24.3 Å². The molecule has 0 aliphatic rings. The van der Waals surface area contributed by atoms with Crippen molar-refractivity contribution in [1.82, 2.24) is 0 Å². The SMILES string of the molecule is CSC(S)c1ccc(N(CC(=O)O)CC(=O)O)cc1. The Morgan fingerprint density at radius 1 is 1.21 bits per heavy atom. The average Bonchev–Trinajstić information content (AvgIpc) is 2.36. The number of thiol groups is 1. The van der Waals surface area contributed by atoms with Crippen LogP contribution < -0.4 is 4.90 Å². The molecule has 1 aromatic carbocycles. The van der Waals surface area contributed by atoms with Crippen LogP contribution in [0.25, 0.3) is 0 Å². The van der Waals surface area contributed by atoms with Crippen LogP contribution >= 0.6 is 24.4 Å². The molecule has 0 saturated carbocycles. The second-order valence-corrected chi connectivity index (χ2v) is 5.63. The van der Waals surface area contributed by atoms with Crippen LogP contribution in [0.1, 0.15) is 10.1 Å². The fourth-order valence-electron chi connectivity index (χ4n) is 1.55. The molecule has 0 radical (unpaired) electrons. The van der Waals surface area contributed by atoms with Gasteiger partial charge in [0.2, 0.25) is 0 Å². The summed E-state index contributed by atoms with van der Waals surface area (Å²) in [5, 5.41) is 17.6. The van der Waals surface area contributed by atoms with Crippen molar-refractivity contribution in [2.24, 2.45) is 0 Å². The fourth-order valence-corrected chi connectivity index (χ4v) is 2.15. The van der Waals surface area contributed by atoms with E-state index in [1.807, 2.05) is 18.4 Å². The van der Waals surface area contributed by atoms with Gasteiger partial charge in [-0.05, 0) is 24.0 Å². The first-order chi connectivity index (χ1) is 8.93. The number of carboxylic acid groups (broad SMARTS) is 2. The van der Waals surface area contributed by atoms with Gasteiger partial charge in [0.15, 0.2) is 0 Å². The zero-order valence-corrected chi connectivity index (χ0v) is 12.0. The van der Waals surface area contributed by atoms with Gasteiger partial charge in [-0.2, -0.15) is 12.6 Å². The predicted octanol–water partition coefficient (Wildman–Crippen LogP) is 1.95. The molecule has 19 heavy (non-hydrogen) atoms. The Balaban J connectivity index is 2.89. The smallest absolute Gasteiger partial charge is 0.323 e. The molecule has 1 aromatic rings. The van der Waals surface area contributed by atoms with Gasteiger partial charge in [-0.15, -0.1) is 11.8 Å². The van der Waals surface area contributed by atoms with Gasteiger partial charge < -0.3 is 15.1 Å². The van der Waals surface area contributed by atoms with Crippen LogP contribution in [-0.2, 0) is 9.59 Å². The highest BCUT2D eigenvalue weighted by Gasteiger charge is 2.14. The zero-order valence-electron chi connectivity index (χ0n) is 10.3. The number of hydrogen-bond acceptors (Lipinski definition) is 5. The number of carbonyl (C=O) groups is 2. The maximum Gasteiger partial charge on any atom is 0.323 e. The molecule has 0 bridgehead atoms. The average molecular weight is 301 g/mol. The number of nitrogens with zero attached hydrogens (tertiary/aromatic N) is 1. The number of carboxylic acids is 2. The Kier molecular flexibility index (Phi) is 6.04. The molecule has 7 heteroatoms. The van der Waals surface area contributed by atoms with Crippen LogP contribution in [0.4, 0.5) is 5.69 Å². The summed E-state index contributed by atoms with van der Waals surface area (Å²) in [6.45, 7) is -0.697. The summed E-state index contributed by atoms with van der Waals surface area (Å²) in [4.78, 5) is 22.8. The lowest BCUT2D eigenvalue weighted by Gasteiger charge is -2.21. The summed E-state index contributed by atoms with van der Waals surface area (Å²) in [6, 6.07) is 7.06. The van der Waals surface area contributed by atoms with Crippen molar-refractivity contribution < 1.29 is 19.8 Å². The van der Waals surface area contributed by atoms with Crippen molar-refractivity contribution >= 4 is 42.0 Å². The molecule has 0 heterocycles. The van der Waals surface area contributed by atoms with Crippen molar-refractivity contribution in [1.29, 1.82) is 0 Å². The van der Waals surface area contributed by atoms with Crippen LogP contribution in [-0.4, -0.2) is 41.5 Å². The molecular weight excluding hydrogens is 286 g/mol. The van der Waals surface area contributed by atoms with Gasteiger partial charge in [0.1, 0.15) is 13.1 Å². The summed E-state index contributed by atoms with van der Waals surface area (Å²) in [7, 11) is 0. The van der Waals surface area contributed by atoms with E-state index in [1.54, 1.807) is 23.9 Å². The van der Waals surface area contributed by atoms with Crippen molar-refractivity contribution in [3.63, 3.8) is 0 Å². The standard InChI is InChI=1S/C12H15NO4S2/c1-19-12(18)8-2-4-9(5-3-8)13(6-10(14)15)7-11(16)17/h2-5,12,18H,6-7H2,1H3,(H,14,15)(H,16,17). The molecular formula is C12H15NO4S2. The third-order valence-electron chi connectivity index (χ3n) is 2.42. The molecule has 0 fully saturated rings. The van der Waals surface area contributed by atoms with Gasteiger partial charge in [0.05, 0.1) is 4.58 Å². The van der Waals surface area contributed by atoms with E-state index in [-0.39, 0.29) is 17.7 Å². The maximum absolute atomic E-state index is 10.7. The van der Waals surface area contributed by atoms with Crippen LogP contribution in [0, 0.1) is 0 Å². The van der Waals surface area contributed by atoms with E-state index in [1.165, 1.54) is 4.90 Å². The van der Waals surface area contributed by atoms with Gasteiger partial charge in [0, 0.05) is 5.69 Å². The molecule has 5 nitrogen and oxygen atoms in total. The summed E-state index contributed by atoms with van der Waals surface area (Å²) < 4.78 is 0.0430. The summed E-state index contributed by atoms with van der Waals surface area (Å²) in [5.41, 5.74) is 1.56. The first-order valence-electron chi connectivity index (χ1n) is 5.43. The highest BCUT2D eigenvalue weighted by Crippen LogP contribution is 2.31. The number of aliphatic carboxylic acids is 2. The van der Waals surface area contributed by atoms with Crippen LogP contribution in [0.3, 0.4) is 0 Å². The Hall–Kier alpha value is -1.34. The van der Waals surface area contributed by atoms with E-state index in [9.17, 15) is 9.59 Å². The van der Waals surface area contributed by atoms with E-state index in [0.29, 0.717) is 5.69 Å². The van der Waals surface area contributed by atoms with E-state index in [0.717, 1.165) is 5.56 Å². The largest absolute Gasteiger partial charge is 0.480 e. The quantitative estimate of drug-likeness (QED) is 0.528. The molecule has 0 aromatic heterocycles. The van der Waals surface area contributed by atoms with Crippen molar-refractivity contribution in [3.8, 4) is 0 Å². The molecule has 0 aliphatic heterocycles. The minimum atomic E-state index is -1.07. The van der Waals surface area contributed by atoms with Gasteiger partial charge in [-0.1, -0.05) is 12.1 Å². The van der Waals surface area contributed by atoms with Crippen molar-refractivity contribution in [3.05, 3.63) is 29.8 Å². The number of benzene rings is 1. The first kappa shape index (κ1) is 15.7. The third-order valence-corrected chi connectivity index (χ3v) is 4.07. The Labute approximate surface area is 121 Å². The molecule has 2 N–H and O–H groups in total. The lowest BCUT2D eigenvalue weighted by atomic mass is 10.2. The summed E-state index contributed by atoms with van der Waals surface area (Å²) in [6.07, 6.45) is 1.94. The topological polar surface area (TPSA) is 77.8 Å². The summed E-state index contributed by atoms with van der Waals surface area (Å²) >= 11 is 5.95. The second kappa shape index (κ2) is 7.30. The van der Waals surface area contributed by atoms with Crippen molar-refractivity contribution in [2.75, 3.05) is 24.2 Å². The van der Waals surface area contributed by atoms with E-state index < -0.39 is 11.9 Å². The monoisotopic (exact) mass is 301 g/mol. The first-order valence-corrected chi connectivity index (χ1v) is 7.24. The second-order valence-electron chi connectivity index (χ2n) is 3.82. The fraction of sp³-hybridized carbons (Fsp3) is 0.333. The molecule has 1 rings (SSSR count). The zero-order chi connectivity index (χ0) is 14.4. The molecule has 104 valence electrons. The highest BCUT2D eigenvalue weighted by atomic mass is 32.2. The predicted molar refractivity (Wildman–Crippen MR) is 79.2 cm³/mol. The minimum Gasteiger partial charge on any atom is -0.480 e. The maximum atomic E-state index is 10.7. The lowest BCUT2D eigenvalue weighted by molar-refractivity contribution is -0.136. The van der Waals surface area contributed by atoms with E-state index in [4.69, 9.17) is 10.2 Å². The van der Waals surface area contributed by atoms with Gasteiger partial charge >= 0.3 is 11.9 Å².